The molecule has 2 aliphatic rings. The second kappa shape index (κ2) is 6.02. The first kappa shape index (κ1) is 15.5. The molecule has 2 heterocycles. The van der Waals surface area contributed by atoms with Crippen molar-refractivity contribution in [2.75, 3.05) is 24.5 Å². The molecular formula is C17H20N2O4. The van der Waals surface area contributed by atoms with E-state index in [1.165, 1.54) is 0 Å². The van der Waals surface area contributed by atoms with Gasteiger partial charge in [-0.05, 0) is 25.5 Å². The van der Waals surface area contributed by atoms with Gasteiger partial charge >= 0.3 is 5.97 Å². The van der Waals surface area contributed by atoms with Crippen LogP contribution in [-0.4, -0.2) is 47.4 Å². The molecule has 3 rings (SSSR count). The van der Waals surface area contributed by atoms with Gasteiger partial charge in [-0.2, -0.15) is 0 Å². The summed E-state index contributed by atoms with van der Waals surface area (Å²) in [6, 6.07) is 7.65. The average Bonchev–Trinajstić information content (AvgIpc) is 3.14. The highest BCUT2D eigenvalue weighted by Gasteiger charge is 2.40. The number of carbonyl (C=O) groups excluding carboxylic acids is 2. The Kier molecular flexibility index (Phi) is 4.07. The van der Waals surface area contributed by atoms with Crippen molar-refractivity contribution in [3.63, 3.8) is 0 Å². The van der Waals surface area contributed by atoms with Crippen molar-refractivity contribution in [1.82, 2.24) is 4.90 Å². The fourth-order valence-corrected chi connectivity index (χ4v) is 3.27. The lowest BCUT2D eigenvalue weighted by molar-refractivity contribution is -0.141. The van der Waals surface area contributed by atoms with Crippen LogP contribution >= 0.6 is 0 Å². The lowest BCUT2D eigenvalue weighted by Gasteiger charge is -2.21. The Morgan fingerprint density at radius 1 is 1.13 bits per heavy atom. The number of hydrogen-bond donors (Lipinski definition) is 1. The van der Waals surface area contributed by atoms with Gasteiger partial charge in [-0.3, -0.25) is 14.4 Å². The predicted molar refractivity (Wildman–Crippen MR) is 84.0 cm³/mol. The fourth-order valence-electron chi connectivity index (χ4n) is 3.27. The van der Waals surface area contributed by atoms with Gasteiger partial charge in [0.1, 0.15) is 0 Å². The van der Waals surface area contributed by atoms with Crippen LogP contribution in [0.25, 0.3) is 0 Å². The van der Waals surface area contributed by atoms with Crippen LogP contribution < -0.4 is 4.90 Å². The molecule has 122 valence electrons. The SMILES string of the molecule is Cc1ccc(N2C[C@H](C(=O)N3CC[C@H](C(=O)O)C3)CC2=O)cc1. The molecule has 1 N–H and O–H groups in total. The minimum Gasteiger partial charge on any atom is -0.481 e. The Morgan fingerprint density at radius 2 is 1.83 bits per heavy atom. The summed E-state index contributed by atoms with van der Waals surface area (Å²) in [4.78, 5) is 39.0. The maximum Gasteiger partial charge on any atom is 0.308 e. The lowest BCUT2D eigenvalue weighted by Crippen LogP contribution is -2.36. The van der Waals surface area contributed by atoms with E-state index in [4.69, 9.17) is 5.11 Å². The molecule has 0 unspecified atom stereocenters. The summed E-state index contributed by atoms with van der Waals surface area (Å²) >= 11 is 0. The molecule has 0 radical (unpaired) electrons. The molecule has 2 amide bonds. The van der Waals surface area contributed by atoms with Crippen molar-refractivity contribution in [2.24, 2.45) is 11.8 Å². The van der Waals surface area contributed by atoms with Gasteiger partial charge in [-0.1, -0.05) is 17.7 Å². The molecule has 23 heavy (non-hydrogen) atoms. The largest absolute Gasteiger partial charge is 0.481 e. The smallest absolute Gasteiger partial charge is 0.308 e. The van der Waals surface area contributed by atoms with Gasteiger partial charge in [0.2, 0.25) is 11.8 Å². The number of carboxylic acid groups (broad SMARTS) is 1. The molecular weight excluding hydrogens is 296 g/mol. The molecule has 0 aliphatic carbocycles. The molecule has 0 saturated carbocycles. The van der Waals surface area contributed by atoms with Crippen LogP contribution in [0.3, 0.4) is 0 Å². The third kappa shape index (κ3) is 3.06. The van der Waals surface area contributed by atoms with E-state index in [2.05, 4.69) is 0 Å². The molecule has 0 aromatic heterocycles. The third-order valence-electron chi connectivity index (χ3n) is 4.67. The number of rotatable bonds is 3. The Labute approximate surface area is 134 Å². The van der Waals surface area contributed by atoms with Crippen LogP contribution in [0.4, 0.5) is 5.69 Å². The molecule has 1 aromatic carbocycles. The topological polar surface area (TPSA) is 77.9 Å². The number of carboxylic acids is 1. The van der Waals surface area contributed by atoms with E-state index < -0.39 is 11.9 Å². The van der Waals surface area contributed by atoms with Crippen molar-refractivity contribution in [3.8, 4) is 0 Å². The minimum atomic E-state index is -0.857. The number of aryl methyl sites for hydroxylation is 1. The second-order valence-electron chi connectivity index (χ2n) is 6.35. The zero-order valence-electron chi connectivity index (χ0n) is 13.1. The van der Waals surface area contributed by atoms with Gasteiger partial charge in [-0.25, -0.2) is 0 Å². The summed E-state index contributed by atoms with van der Waals surface area (Å²) in [6.07, 6.45) is 0.685. The average molecular weight is 316 g/mol. The molecule has 1 aromatic rings. The van der Waals surface area contributed by atoms with E-state index in [9.17, 15) is 14.4 Å². The Hall–Kier alpha value is -2.37. The van der Waals surface area contributed by atoms with Crippen LogP contribution in [0.15, 0.2) is 24.3 Å². The molecule has 6 heteroatoms. The van der Waals surface area contributed by atoms with Gasteiger partial charge in [0.15, 0.2) is 0 Å². The van der Waals surface area contributed by atoms with Gasteiger partial charge in [-0.15, -0.1) is 0 Å². The van der Waals surface area contributed by atoms with Crippen molar-refractivity contribution < 1.29 is 19.5 Å². The summed E-state index contributed by atoms with van der Waals surface area (Å²) in [5.74, 6) is -1.87. The predicted octanol–water partition coefficient (Wildman–Crippen LogP) is 1.28. The van der Waals surface area contributed by atoms with Crippen molar-refractivity contribution >= 4 is 23.5 Å². The van der Waals surface area contributed by atoms with E-state index in [1.54, 1.807) is 9.80 Å². The number of anilines is 1. The van der Waals surface area contributed by atoms with Crippen LogP contribution in [0, 0.1) is 18.8 Å². The van der Waals surface area contributed by atoms with E-state index in [0.717, 1.165) is 11.3 Å². The zero-order valence-corrected chi connectivity index (χ0v) is 13.1. The maximum atomic E-state index is 12.5. The first-order valence-corrected chi connectivity index (χ1v) is 7.84. The Bertz CT molecular complexity index is 640. The first-order chi connectivity index (χ1) is 11.0. The third-order valence-corrected chi connectivity index (χ3v) is 4.67. The number of aliphatic carboxylic acids is 1. The van der Waals surface area contributed by atoms with Crippen molar-refractivity contribution in [1.29, 1.82) is 0 Å². The van der Waals surface area contributed by atoms with Crippen LogP contribution in [0.2, 0.25) is 0 Å². The number of amides is 2. The van der Waals surface area contributed by atoms with Crippen molar-refractivity contribution in [2.45, 2.75) is 19.8 Å². The second-order valence-corrected chi connectivity index (χ2v) is 6.35. The van der Waals surface area contributed by atoms with Crippen LogP contribution in [0.5, 0.6) is 0 Å². The molecule has 2 atom stereocenters. The maximum absolute atomic E-state index is 12.5. The first-order valence-electron chi connectivity index (χ1n) is 7.84. The minimum absolute atomic E-state index is 0.0545. The van der Waals surface area contributed by atoms with Gasteiger partial charge in [0.25, 0.3) is 0 Å². The van der Waals surface area contributed by atoms with E-state index in [1.807, 2.05) is 31.2 Å². The summed E-state index contributed by atoms with van der Waals surface area (Å²) in [5.41, 5.74) is 1.92. The number of carbonyl (C=O) groups is 3. The summed E-state index contributed by atoms with van der Waals surface area (Å²) in [6.45, 7) is 3.07. The number of nitrogens with zero attached hydrogens (tertiary/aromatic N) is 2. The summed E-state index contributed by atoms with van der Waals surface area (Å²) < 4.78 is 0. The van der Waals surface area contributed by atoms with Gasteiger partial charge < -0.3 is 14.9 Å². The van der Waals surface area contributed by atoms with Gasteiger partial charge in [0, 0.05) is 31.7 Å². The normalized spacial score (nSPS) is 24.3. The fraction of sp³-hybridized carbons (Fsp3) is 0.471. The van der Waals surface area contributed by atoms with Crippen LogP contribution in [-0.2, 0) is 14.4 Å². The molecule has 2 saturated heterocycles. The monoisotopic (exact) mass is 316 g/mol. The molecule has 2 fully saturated rings. The Morgan fingerprint density at radius 3 is 2.43 bits per heavy atom. The van der Waals surface area contributed by atoms with E-state index in [-0.39, 0.29) is 30.7 Å². The lowest BCUT2D eigenvalue weighted by atomic mass is 10.1. The highest BCUT2D eigenvalue weighted by Crippen LogP contribution is 2.28. The number of likely N-dealkylation sites (tertiary alicyclic amines) is 1. The summed E-state index contributed by atoms with van der Waals surface area (Å²) in [5, 5.41) is 9.03. The quantitative estimate of drug-likeness (QED) is 0.911. The number of benzene rings is 1. The van der Waals surface area contributed by atoms with E-state index >= 15 is 0 Å². The molecule has 2 aliphatic heterocycles. The molecule has 0 spiro atoms. The van der Waals surface area contributed by atoms with Crippen LogP contribution in [0.1, 0.15) is 18.4 Å². The zero-order chi connectivity index (χ0) is 16.6. The summed E-state index contributed by atoms with van der Waals surface area (Å²) in [7, 11) is 0. The van der Waals surface area contributed by atoms with Crippen molar-refractivity contribution in [3.05, 3.63) is 29.8 Å². The van der Waals surface area contributed by atoms with E-state index in [0.29, 0.717) is 19.5 Å². The highest BCUT2D eigenvalue weighted by atomic mass is 16.4. The Balaban J connectivity index is 1.66. The highest BCUT2D eigenvalue weighted by molar-refractivity contribution is 6.00. The van der Waals surface area contributed by atoms with Gasteiger partial charge in [0.05, 0.1) is 11.8 Å². The standard InChI is InChI=1S/C17H20N2O4/c1-11-2-4-14(5-3-11)19-10-13(8-15(19)20)16(21)18-7-6-12(9-18)17(22)23/h2-5,12-13H,6-10H2,1H3,(H,22,23)/t12-,13+/m0/s1. The molecule has 6 nitrogen and oxygen atoms in total. The number of hydrogen-bond acceptors (Lipinski definition) is 3. The molecule has 0 bridgehead atoms.